The molecule has 1 aliphatic heterocycles. The van der Waals surface area contributed by atoms with Crippen molar-refractivity contribution in [2.45, 2.75) is 6.92 Å². The maximum Gasteiger partial charge on any atom is 0.321 e. The molecule has 1 aliphatic rings. The van der Waals surface area contributed by atoms with Crippen LogP contribution in [0.4, 0.5) is 10.5 Å². The molecule has 2 aromatic rings. The SMILES string of the molecule is Cc1ccc(Oc2ccc(NC(=O)N3CCSCC3)cn2)cc1. The quantitative estimate of drug-likeness (QED) is 0.931. The summed E-state index contributed by atoms with van der Waals surface area (Å²) in [5, 5.41) is 2.87. The summed E-state index contributed by atoms with van der Waals surface area (Å²) < 4.78 is 5.67. The molecule has 23 heavy (non-hydrogen) atoms. The maximum absolute atomic E-state index is 12.1. The Bertz CT molecular complexity index is 653. The van der Waals surface area contributed by atoms with E-state index in [9.17, 15) is 4.79 Å². The number of thioether (sulfide) groups is 1. The zero-order valence-corrected chi connectivity index (χ0v) is 13.8. The lowest BCUT2D eigenvalue weighted by molar-refractivity contribution is 0.217. The Labute approximate surface area is 140 Å². The van der Waals surface area contributed by atoms with Crippen molar-refractivity contribution in [1.82, 2.24) is 9.88 Å². The number of nitrogens with one attached hydrogen (secondary N) is 1. The minimum atomic E-state index is -0.0701. The molecule has 0 atom stereocenters. The highest BCUT2D eigenvalue weighted by molar-refractivity contribution is 7.99. The first-order chi connectivity index (χ1) is 11.2. The van der Waals surface area contributed by atoms with Gasteiger partial charge >= 0.3 is 6.03 Å². The third kappa shape index (κ3) is 4.39. The van der Waals surface area contributed by atoms with Crippen molar-refractivity contribution in [3.8, 4) is 11.6 Å². The summed E-state index contributed by atoms with van der Waals surface area (Å²) in [7, 11) is 0. The van der Waals surface area contributed by atoms with E-state index in [1.165, 1.54) is 5.56 Å². The number of carbonyl (C=O) groups excluding carboxylic acids is 1. The Morgan fingerprint density at radius 2 is 1.91 bits per heavy atom. The molecular weight excluding hydrogens is 310 g/mol. The zero-order chi connectivity index (χ0) is 16.1. The normalized spacial score (nSPS) is 14.4. The second-order valence-corrected chi connectivity index (χ2v) is 6.55. The molecule has 0 saturated carbocycles. The lowest BCUT2D eigenvalue weighted by atomic mass is 10.2. The molecule has 1 aromatic carbocycles. The van der Waals surface area contributed by atoms with Crippen molar-refractivity contribution in [1.29, 1.82) is 0 Å². The number of urea groups is 1. The molecule has 1 fully saturated rings. The molecule has 2 heterocycles. The van der Waals surface area contributed by atoms with Gasteiger partial charge in [0.1, 0.15) is 5.75 Å². The van der Waals surface area contributed by atoms with E-state index in [1.807, 2.05) is 47.9 Å². The number of pyridine rings is 1. The van der Waals surface area contributed by atoms with E-state index < -0.39 is 0 Å². The van der Waals surface area contributed by atoms with Crippen LogP contribution in [-0.2, 0) is 0 Å². The maximum atomic E-state index is 12.1. The van der Waals surface area contributed by atoms with Crippen LogP contribution < -0.4 is 10.1 Å². The van der Waals surface area contributed by atoms with E-state index in [1.54, 1.807) is 18.3 Å². The summed E-state index contributed by atoms with van der Waals surface area (Å²) in [6, 6.07) is 11.3. The first-order valence-electron chi connectivity index (χ1n) is 7.55. The summed E-state index contributed by atoms with van der Waals surface area (Å²) in [6.45, 7) is 3.61. The molecule has 0 radical (unpaired) electrons. The third-order valence-corrected chi connectivity index (χ3v) is 4.47. The standard InChI is InChI=1S/C17H19N3O2S/c1-13-2-5-15(6-3-13)22-16-7-4-14(12-18-16)19-17(21)20-8-10-23-11-9-20/h2-7,12H,8-11H2,1H3,(H,19,21). The number of carbonyl (C=O) groups is 1. The molecule has 5 nitrogen and oxygen atoms in total. The molecule has 3 rings (SSSR count). The van der Waals surface area contributed by atoms with Crippen LogP contribution >= 0.6 is 11.8 Å². The smallest absolute Gasteiger partial charge is 0.321 e. The van der Waals surface area contributed by atoms with E-state index in [-0.39, 0.29) is 6.03 Å². The Morgan fingerprint density at radius 3 is 2.57 bits per heavy atom. The summed E-state index contributed by atoms with van der Waals surface area (Å²) in [5.41, 5.74) is 1.85. The largest absolute Gasteiger partial charge is 0.439 e. The molecular formula is C17H19N3O2S. The van der Waals surface area contributed by atoms with Crippen molar-refractivity contribution < 1.29 is 9.53 Å². The first kappa shape index (κ1) is 15.7. The van der Waals surface area contributed by atoms with Crippen molar-refractivity contribution in [2.75, 3.05) is 29.9 Å². The number of anilines is 1. The minimum absolute atomic E-state index is 0.0701. The molecule has 1 N–H and O–H groups in total. The van der Waals surface area contributed by atoms with Crippen LogP contribution in [0.1, 0.15) is 5.56 Å². The Morgan fingerprint density at radius 1 is 1.17 bits per heavy atom. The molecule has 0 aliphatic carbocycles. The third-order valence-electron chi connectivity index (χ3n) is 3.53. The highest BCUT2D eigenvalue weighted by atomic mass is 32.2. The van der Waals surface area contributed by atoms with Gasteiger partial charge in [0.05, 0.1) is 11.9 Å². The van der Waals surface area contributed by atoms with Crippen LogP contribution in [0.3, 0.4) is 0 Å². The fourth-order valence-electron chi connectivity index (χ4n) is 2.21. The number of nitrogens with zero attached hydrogens (tertiary/aromatic N) is 2. The molecule has 1 saturated heterocycles. The van der Waals surface area contributed by atoms with E-state index >= 15 is 0 Å². The van der Waals surface area contributed by atoms with E-state index in [0.717, 1.165) is 30.3 Å². The van der Waals surface area contributed by atoms with Gasteiger partial charge in [-0.05, 0) is 25.1 Å². The Kier molecular flexibility index (Phi) is 5.02. The number of aryl methyl sites for hydroxylation is 1. The number of amides is 2. The molecule has 2 amide bonds. The molecule has 1 aromatic heterocycles. The van der Waals surface area contributed by atoms with Crippen molar-refractivity contribution in [3.05, 3.63) is 48.2 Å². The molecule has 0 bridgehead atoms. The van der Waals surface area contributed by atoms with E-state index in [2.05, 4.69) is 10.3 Å². The van der Waals surface area contributed by atoms with Crippen molar-refractivity contribution in [2.24, 2.45) is 0 Å². The Hall–Kier alpha value is -2.21. The van der Waals surface area contributed by atoms with Crippen LogP contribution in [0.15, 0.2) is 42.6 Å². The average Bonchev–Trinajstić information content (AvgIpc) is 2.59. The van der Waals surface area contributed by atoms with Gasteiger partial charge in [0.25, 0.3) is 0 Å². The van der Waals surface area contributed by atoms with Gasteiger partial charge in [0.2, 0.25) is 5.88 Å². The van der Waals surface area contributed by atoms with Gasteiger partial charge in [-0.25, -0.2) is 9.78 Å². The summed E-state index contributed by atoms with van der Waals surface area (Å²) in [5.74, 6) is 3.23. The minimum Gasteiger partial charge on any atom is -0.439 e. The number of hydrogen-bond donors (Lipinski definition) is 1. The van der Waals surface area contributed by atoms with Crippen molar-refractivity contribution in [3.63, 3.8) is 0 Å². The van der Waals surface area contributed by atoms with Crippen molar-refractivity contribution >= 4 is 23.5 Å². The number of benzene rings is 1. The number of hydrogen-bond acceptors (Lipinski definition) is 4. The van der Waals surface area contributed by atoms with Gasteiger partial charge in [-0.15, -0.1) is 0 Å². The van der Waals surface area contributed by atoms with Crippen LogP contribution in [-0.4, -0.2) is 40.5 Å². The topological polar surface area (TPSA) is 54.5 Å². The number of ether oxygens (including phenoxy) is 1. The summed E-state index contributed by atoms with van der Waals surface area (Å²) in [4.78, 5) is 18.2. The summed E-state index contributed by atoms with van der Waals surface area (Å²) in [6.07, 6.45) is 1.61. The fourth-order valence-corrected chi connectivity index (χ4v) is 3.11. The van der Waals surface area contributed by atoms with Gasteiger partial charge in [-0.2, -0.15) is 11.8 Å². The summed E-state index contributed by atoms with van der Waals surface area (Å²) >= 11 is 1.88. The highest BCUT2D eigenvalue weighted by Gasteiger charge is 2.16. The monoisotopic (exact) mass is 329 g/mol. The molecule has 0 unspecified atom stereocenters. The second kappa shape index (κ2) is 7.37. The van der Waals surface area contributed by atoms with Gasteiger partial charge < -0.3 is 15.0 Å². The van der Waals surface area contributed by atoms with Crippen LogP contribution in [0, 0.1) is 6.92 Å². The van der Waals surface area contributed by atoms with Gasteiger partial charge in [0.15, 0.2) is 0 Å². The van der Waals surface area contributed by atoms with Crippen LogP contribution in [0.2, 0.25) is 0 Å². The highest BCUT2D eigenvalue weighted by Crippen LogP contribution is 2.21. The van der Waals surface area contributed by atoms with E-state index in [4.69, 9.17) is 4.74 Å². The fraction of sp³-hybridized carbons (Fsp3) is 0.294. The predicted octanol–water partition coefficient (Wildman–Crippen LogP) is 3.76. The average molecular weight is 329 g/mol. The lowest BCUT2D eigenvalue weighted by Gasteiger charge is -2.26. The van der Waals surface area contributed by atoms with Gasteiger partial charge in [0, 0.05) is 30.7 Å². The Balaban J connectivity index is 1.58. The predicted molar refractivity (Wildman–Crippen MR) is 93.4 cm³/mol. The number of rotatable bonds is 3. The number of aromatic nitrogens is 1. The zero-order valence-electron chi connectivity index (χ0n) is 13.0. The molecule has 0 spiro atoms. The lowest BCUT2D eigenvalue weighted by Crippen LogP contribution is -2.40. The second-order valence-electron chi connectivity index (χ2n) is 5.33. The molecule has 6 heteroatoms. The molecule has 120 valence electrons. The van der Waals surface area contributed by atoms with Gasteiger partial charge in [-0.3, -0.25) is 0 Å². The van der Waals surface area contributed by atoms with E-state index in [0.29, 0.717) is 11.6 Å². The first-order valence-corrected chi connectivity index (χ1v) is 8.70. The van der Waals surface area contributed by atoms with Crippen LogP contribution in [0.5, 0.6) is 11.6 Å². The van der Waals surface area contributed by atoms with Gasteiger partial charge in [-0.1, -0.05) is 17.7 Å². The van der Waals surface area contributed by atoms with Crippen LogP contribution in [0.25, 0.3) is 0 Å².